The zero-order valence-electron chi connectivity index (χ0n) is 15.7. The van der Waals surface area contributed by atoms with E-state index in [1.807, 2.05) is 29.0 Å². The van der Waals surface area contributed by atoms with Crippen LogP contribution in [0.2, 0.25) is 0 Å². The molecule has 3 atom stereocenters. The molecule has 0 saturated carbocycles. The third kappa shape index (κ3) is 2.34. The second kappa shape index (κ2) is 5.95. The van der Waals surface area contributed by atoms with Crippen molar-refractivity contribution in [3.8, 4) is 6.07 Å². The summed E-state index contributed by atoms with van der Waals surface area (Å²) in [5.41, 5.74) is 3.03. The average molecular weight is 385 g/mol. The van der Waals surface area contributed by atoms with Crippen LogP contribution < -0.4 is 10.6 Å². The Morgan fingerprint density at radius 1 is 1.07 bits per heavy atom. The summed E-state index contributed by atoms with van der Waals surface area (Å²) in [6, 6.07) is 8.72. The highest BCUT2D eigenvalue weighted by Gasteiger charge is 2.42. The Morgan fingerprint density at radius 2 is 1.90 bits per heavy atom. The molecule has 1 unspecified atom stereocenters. The molecule has 8 nitrogen and oxygen atoms in total. The lowest BCUT2D eigenvalue weighted by Crippen LogP contribution is -2.45. The first-order chi connectivity index (χ1) is 14.2. The van der Waals surface area contributed by atoms with E-state index in [1.165, 1.54) is 0 Å². The number of hydrogen-bond donors (Lipinski definition) is 2. The highest BCUT2D eigenvalue weighted by Crippen LogP contribution is 2.43. The molecule has 2 fully saturated rings. The van der Waals surface area contributed by atoms with Crippen LogP contribution in [0.4, 0.5) is 5.82 Å². The number of anilines is 1. The number of piperidine rings is 1. The fourth-order valence-corrected chi connectivity index (χ4v) is 5.31. The van der Waals surface area contributed by atoms with Gasteiger partial charge < -0.3 is 14.9 Å². The van der Waals surface area contributed by atoms with Crippen molar-refractivity contribution >= 4 is 27.9 Å². The summed E-state index contributed by atoms with van der Waals surface area (Å²) in [6.07, 6.45) is 9.24. The normalized spacial score (nSPS) is 23.7. The number of nitriles is 1. The zero-order valence-corrected chi connectivity index (χ0v) is 15.7. The van der Waals surface area contributed by atoms with Gasteiger partial charge in [0.25, 0.3) is 0 Å². The molecule has 8 heteroatoms. The Labute approximate surface area is 165 Å². The Morgan fingerprint density at radius 3 is 2.62 bits per heavy atom. The molecule has 4 aromatic heterocycles. The fourth-order valence-electron chi connectivity index (χ4n) is 5.31. The molecule has 2 aliphatic heterocycles. The van der Waals surface area contributed by atoms with Crippen molar-refractivity contribution in [2.75, 3.05) is 4.90 Å². The lowest BCUT2D eigenvalue weighted by molar-refractivity contribution is 0.335. The third-order valence-electron chi connectivity index (χ3n) is 6.47. The highest BCUT2D eigenvalue weighted by molar-refractivity contribution is 6.00. The smallest absolute Gasteiger partial charge is 0.326 e. The number of pyridine rings is 2. The molecule has 6 rings (SSSR count). The molecule has 2 saturated heterocycles. The molecular formula is C21H19N7O. The topological polar surface area (TPSA) is 106 Å². The summed E-state index contributed by atoms with van der Waals surface area (Å²) in [5, 5.41) is 10.00. The molecule has 2 N–H and O–H groups in total. The third-order valence-corrected chi connectivity index (χ3v) is 6.47. The SMILES string of the molecule is N#Cc1ccc(N2[C@@H]3CC[C@H]2CC(n2c(=O)[nH]c4cnc5[nH]ccc5c42)C3)nc1. The van der Waals surface area contributed by atoms with E-state index in [9.17, 15) is 4.79 Å². The Kier molecular flexibility index (Phi) is 3.36. The maximum absolute atomic E-state index is 12.9. The van der Waals surface area contributed by atoms with Crippen LogP contribution in [0, 0.1) is 11.3 Å². The van der Waals surface area contributed by atoms with Crippen molar-refractivity contribution in [1.82, 2.24) is 24.5 Å². The largest absolute Gasteiger partial charge is 0.350 e. The van der Waals surface area contributed by atoms with E-state index < -0.39 is 0 Å². The summed E-state index contributed by atoms with van der Waals surface area (Å²) >= 11 is 0. The van der Waals surface area contributed by atoms with Gasteiger partial charge in [-0.1, -0.05) is 0 Å². The van der Waals surface area contributed by atoms with Gasteiger partial charge in [0, 0.05) is 35.9 Å². The van der Waals surface area contributed by atoms with E-state index in [0.29, 0.717) is 17.6 Å². The summed E-state index contributed by atoms with van der Waals surface area (Å²) < 4.78 is 1.95. The molecule has 0 amide bonds. The van der Waals surface area contributed by atoms with Crippen LogP contribution in [0.3, 0.4) is 0 Å². The summed E-state index contributed by atoms with van der Waals surface area (Å²) in [7, 11) is 0. The van der Waals surface area contributed by atoms with Gasteiger partial charge in [-0.25, -0.2) is 14.8 Å². The van der Waals surface area contributed by atoms with Crippen LogP contribution in [0.15, 0.2) is 41.6 Å². The molecular weight excluding hydrogens is 366 g/mol. The van der Waals surface area contributed by atoms with Gasteiger partial charge >= 0.3 is 5.69 Å². The van der Waals surface area contributed by atoms with Crippen molar-refractivity contribution < 1.29 is 0 Å². The molecule has 0 aromatic carbocycles. The molecule has 0 spiro atoms. The highest BCUT2D eigenvalue weighted by atomic mass is 16.1. The number of aromatic nitrogens is 5. The van der Waals surface area contributed by atoms with Gasteiger partial charge in [0.15, 0.2) is 0 Å². The maximum atomic E-state index is 12.9. The van der Waals surface area contributed by atoms with Gasteiger partial charge in [0.2, 0.25) is 0 Å². The second-order valence-corrected chi connectivity index (χ2v) is 7.99. The molecule has 0 aliphatic carbocycles. The lowest BCUT2D eigenvalue weighted by Gasteiger charge is -2.40. The molecule has 6 heterocycles. The molecule has 29 heavy (non-hydrogen) atoms. The van der Waals surface area contributed by atoms with Crippen LogP contribution in [-0.2, 0) is 0 Å². The number of nitrogens with zero attached hydrogens (tertiary/aromatic N) is 5. The van der Waals surface area contributed by atoms with Crippen molar-refractivity contribution in [2.45, 2.75) is 43.8 Å². The Balaban J connectivity index is 1.40. The van der Waals surface area contributed by atoms with E-state index >= 15 is 0 Å². The van der Waals surface area contributed by atoms with Gasteiger partial charge in [-0.2, -0.15) is 5.26 Å². The zero-order chi connectivity index (χ0) is 19.5. The second-order valence-electron chi connectivity index (χ2n) is 7.99. The molecule has 2 aliphatic rings. The molecule has 2 bridgehead atoms. The first-order valence-electron chi connectivity index (χ1n) is 9.93. The maximum Gasteiger partial charge on any atom is 0.326 e. The lowest BCUT2D eigenvalue weighted by atomic mass is 9.96. The van der Waals surface area contributed by atoms with Gasteiger partial charge in [0.05, 0.1) is 22.8 Å². The summed E-state index contributed by atoms with van der Waals surface area (Å²) in [6.45, 7) is 0. The first-order valence-corrected chi connectivity index (χ1v) is 9.93. The summed E-state index contributed by atoms with van der Waals surface area (Å²) in [5.74, 6) is 0.929. The Hall–Kier alpha value is -3.60. The van der Waals surface area contributed by atoms with Crippen LogP contribution in [0.1, 0.15) is 37.3 Å². The van der Waals surface area contributed by atoms with E-state index in [2.05, 4.69) is 30.9 Å². The van der Waals surface area contributed by atoms with Crippen LogP contribution in [-0.4, -0.2) is 36.6 Å². The average Bonchev–Trinajstić information content (AvgIpc) is 3.41. The van der Waals surface area contributed by atoms with Gasteiger partial charge in [-0.05, 0) is 43.9 Å². The van der Waals surface area contributed by atoms with E-state index in [4.69, 9.17) is 5.26 Å². The van der Waals surface area contributed by atoms with E-state index in [0.717, 1.165) is 53.6 Å². The number of rotatable bonds is 2. The minimum absolute atomic E-state index is 0.0650. The van der Waals surface area contributed by atoms with Crippen molar-refractivity contribution in [1.29, 1.82) is 5.26 Å². The minimum atomic E-state index is -0.0650. The van der Waals surface area contributed by atoms with E-state index in [1.54, 1.807) is 12.4 Å². The van der Waals surface area contributed by atoms with Crippen molar-refractivity contribution in [3.05, 3.63) is 52.8 Å². The fraction of sp³-hybridized carbons (Fsp3) is 0.333. The number of aromatic amines is 2. The molecule has 0 radical (unpaired) electrons. The number of H-pyrrole nitrogens is 2. The van der Waals surface area contributed by atoms with Crippen molar-refractivity contribution in [3.63, 3.8) is 0 Å². The Bertz CT molecular complexity index is 1310. The van der Waals surface area contributed by atoms with Gasteiger partial charge in [-0.15, -0.1) is 0 Å². The molecule has 4 aromatic rings. The van der Waals surface area contributed by atoms with Crippen LogP contribution in [0.25, 0.3) is 22.1 Å². The number of hydrogen-bond acceptors (Lipinski definition) is 5. The van der Waals surface area contributed by atoms with Crippen LogP contribution >= 0.6 is 0 Å². The number of imidazole rings is 1. The predicted octanol–water partition coefficient (Wildman–Crippen LogP) is 2.85. The monoisotopic (exact) mass is 385 g/mol. The van der Waals surface area contributed by atoms with Crippen molar-refractivity contribution in [2.24, 2.45) is 0 Å². The van der Waals surface area contributed by atoms with Gasteiger partial charge in [-0.3, -0.25) is 4.57 Å². The standard InChI is InChI=1S/C21H19N7O/c22-9-12-1-4-18(24-10-12)27-13-2-3-14(27)8-15(7-13)28-19-16-5-6-23-20(16)25-11-17(19)26-21(28)29/h1,4-6,10-11,13-15H,2-3,7-8H2,(H,23,25)(H,26,29)/t13-,14+,15?. The minimum Gasteiger partial charge on any atom is -0.350 e. The van der Waals surface area contributed by atoms with Gasteiger partial charge in [0.1, 0.15) is 17.5 Å². The number of nitrogens with one attached hydrogen (secondary N) is 2. The number of fused-ring (bicyclic) bond motifs is 5. The van der Waals surface area contributed by atoms with Crippen LogP contribution in [0.5, 0.6) is 0 Å². The predicted molar refractivity (Wildman–Crippen MR) is 109 cm³/mol. The van der Waals surface area contributed by atoms with E-state index in [-0.39, 0.29) is 11.7 Å². The molecule has 144 valence electrons. The first kappa shape index (κ1) is 16.4. The summed E-state index contributed by atoms with van der Waals surface area (Å²) in [4.78, 5) is 30.3. The quantitative estimate of drug-likeness (QED) is 0.552.